The van der Waals surface area contributed by atoms with Gasteiger partial charge in [-0.25, -0.2) is 19.3 Å². The number of benzene rings is 1. The molecule has 0 aliphatic carbocycles. The lowest BCUT2D eigenvalue weighted by Crippen LogP contribution is -2.43. The summed E-state index contributed by atoms with van der Waals surface area (Å²) in [6.45, 7) is 1.08. The zero-order chi connectivity index (χ0) is 22.0. The average Bonchev–Trinajstić information content (AvgIpc) is 2.79. The molecule has 4 rings (SSSR count). The summed E-state index contributed by atoms with van der Waals surface area (Å²) in [5.74, 6) is 0.184. The van der Waals surface area contributed by atoms with Crippen LogP contribution in [0.5, 0.6) is 0 Å². The predicted octanol–water partition coefficient (Wildman–Crippen LogP) is 2.54. The molecule has 0 saturated carbocycles. The minimum absolute atomic E-state index is 0.194. The van der Waals surface area contributed by atoms with Crippen molar-refractivity contribution in [3.63, 3.8) is 0 Å². The first-order valence-corrected chi connectivity index (χ1v) is 9.85. The number of anilines is 2. The normalized spacial score (nSPS) is 16.2. The number of hydrogen-bond acceptors (Lipinski definition) is 7. The van der Waals surface area contributed by atoms with Gasteiger partial charge in [0, 0.05) is 38.6 Å². The number of aromatic nitrogens is 3. The zero-order valence-electron chi connectivity index (χ0n) is 17.3. The van der Waals surface area contributed by atoms with Crippen LogP contribution in [-0.2, 0) is 4.74 Å². The van der Waals surface area contributed by atoms with E-state index in [0.717, 1.165) is 11.1 Å². The lowest BCUT2D eigenvalue weighted by atomic mass is 10.0. The van der Waals surface area contributed by atoms with Crippen molar-refractivity contribution >= 4 is 17.7 Å². The van der Waals surface area contributed by atoms with Gasteiger partial charge >= 0.3 is 0 Å². The number of nitrogens with two attached hydrogens (primary N) is 1. The van der Waals surface area contributed by atoms with E-state index in [0.29, 0.717) is 36.9 Å². The fourth-order valence-corrected chi connectivity index (χ4v) is 3.47. The Labute approximate surface area is 179 Å². The largest absolute Gasteiger partial charge is 0.383 e. The van der Waals surface area contributed by atoms with Crippen molar-refractivity contribution in [3.8, 4) is 11.1 Å². The molecule has 0 bridgehead atoms. The van der Waals surface area contributed by atoms with Crippen molar-refractivity contribution in [3.05, 3.63) is 65.9 Å². The fraction of sp³-hybridized carbons (Fsp3) is 0.273. The van der Waals surface area contributed by atoms with E-state index >= 15 is 0 Å². The second-order valence-electron chi connectivity index (χ2n) is 7.42. The van der Waals surface area contributed by atoms with Gasteiger partial charge in [-0.1, -0.05) is 12.1 Å². The Balaban J connectivity index is 1.69. The van der Waals surface area contributed by atoms with Gasteiger partial charge in [-0.2, -0.15) is 0 Å². The molecule has 1 atom stereocenters. The van der Waals surface area contributed by atoms with Crippen LogP contribution in [0, 0.1) is 5.82 Å². The third-order valence-electron chi connectivity index (χ3n) is 5.09. The summed E-state index contributed by atoms with van der Waals surface area (Å²) in [5.41, 5.74) is 8.39. The fourth-order valence-electron chi connectivity index (χ4n) is 3.47. The van der Waals surface area contributed by atoms with E-state index in [1.165, 1.54) is 12.1 Å². The number of ether oxygens (including phenoxy) is 1. The molecule has 3 aromatic rings. The Bertz CT molecular complexity index is 1090. The molecule has 31 heavy (non-hydrogen) atoms. The molecule has 1 fully saturated rings. The minimum Gasteiger partial charge on any atom is -0.383 e. The standard InChI is InChI=1S/C22H23FN6O2/c1-28(2)22-26-12-17(14-5-7-15(23)8-6-14)19(27-22)18-13-29(10-11-31-18)21(30)16-4-3-9-25-20(16)24/h3-9,12,18H,10-11,13H2,1-2H3,(H2,24,25). The maximum atomic E-state index is 13.4. The molecule has 0 spiro atoms. The molecule has 2 aromatic heterocycles. The molecule has 1 saturated heterocycles. The number of carbonyl (C=O) groups excluding carboxylic acids is 1. The summed E-state index contributed by atoms with van der Waals surface area (Å²) in [7, 11) is 3.69. The number of halogens is 1. The highest BCUT2D eigenvalue weighted by atomic mass is 19.1. The van der Waals surface area contributed by atoms with Crippen LogP contribution >= 0.6 is 0 Å². The van der Waals surface area contributed by atoms with Gasteiger partial charge in [0.25, 0.3) is 5.91 Å². The van der Waals surface area contributed by atoms with Gasteiger partial charge in [0.1, 0.15) is 17.7 Å². The molecule has 0 radical (unpaired) electrons. The number of nitrogen functional groups attached to an aromatic ring is 1. The van der Waals surface area contributed by atoms with E-state index < -0.39 is 6.10 Å². The molecular formula is C22H23FN6O2. The molecule has 1 aromatic carbocycles. The third kappa shape index (κ3) is 4.31. The molecule has 160 valence electrons. The van der Waals surface area contributed by atoms with Gasteiger partial charge in [0.15, 0.2) is 0 Å². The first kappa shape index (κ1) is 20.7. The Morgan fingerprint density at radius 2 is 2.00 bits per heavy atom. The second kappa shape index (κ2) is 8.65. The van der Waals surface area contributed by atoms with E-state index in [4.69, 9.17) is 15.5 Å². The highest BCUT2D eigenvalue weighted by Crippen LogP contribution is 2.32. The highest BCUT2D eigenvalue weighted by molar-refractivity contribution is 5.98. The number of morpholine rings is 1. The van der Waals surface area contributed by atoms with Crippen molar-refractivity contribution in [1.29, 1.82) is 0 Å². The lowest BCUT2D eigenvalue weighted by molar-refractivity contribution is -0.0244. The van der Waals surface area contributed by atoms with Gasteiger partial charge in [-0.3, -0.25) is 4.79 Å². The van der Waals surface area contributed by atoms with Crippen LogP contribution in [0.15, 0.2) is 48.8 Å². The third-order valence-corrected chi connectivity index (χ3v) is 5.09. The molecule has 1 unspecified atom stereocenters. The van der Waals surface area contributed by atoms with E-state index in [-0.39, 0.29) is 17.5 Å². The zero-order valence-corrected chi connectivity index (χ0v) is 17.3. The van der Waals surface area contributed by atoms with Crippen LogP contribution in [0.2, 0.25) is 0 Å². The number of hydrogen-bond donors (Lipinski definition) is 1. The number of nitrogens with zero attached hydrogens (tertiary/aromatic N) is 5. The monoisotopic (exact) mass is 422 g/mol. The maximum absolute atomic E-state index is 13.4. The molecule has 8 nitrogen and oxygen atoms in total. The first-order chi connectivity index (χ1) is 14.9. The minimum atomic E-state index is -0.475. The van der Waals surface area contributed by atoms with Gasteiger partial charge in [0.05, 0.1) is 24.4 Å². The van der Waals surface area contributed by atoms with Crippen LogP contribution in [0.3, 0.4) is 0 Å². The molecule has 1 aliphatic rings. The van der Waals surface area contributed by atoms with Crippen LogP contribution < -0.4 is 10.6 Å². The van der Waals surface area contributed by atoms with Gasteiger partial charge in [-0.15, -0.1) is 0 Å². The van der Waals surface area contributed by atoms with Crippen LogP contribution in [-0.4, -0.2) is 59.6 Å². The Morgan fingerprint density at radius 3 is 2.71 bits per heavy atom. The summed E-state index contributed by atoms with van der Waals surface area (Å²) < 4.78 is 19.4. The topological polar surface area (TPSA) is 97.5 Å². The first-order valence-electron chi connectivity index (χ1n) is 9.85. The van der Waals surface area contributed by atoms with Crippen molar-refractivity contribution in [2.45, 2.75) is 6.10 Å². The van der Waals surface area contributed by atoms with Crippen molar-refractivity contribution in [2.75, 3.05) is 44.4 Å². The highest BCUT2D eigenvalue weighted by Gasteiger charge is 2.30. The van der Waals surface area contributed by atoms with Gasteiger partial charge < -0.3 is 20.3 Å². The molecule has 1 amide bonds. The second-order valence-corrected chi connectivity index (χ2v) is 7.42. The molecular weight excluding hydrogens is 399 g/mol. The summed E-state index contributed by atoms with van der Waals surface area (Å²) >= 11 is 0. The summed E-state index contributed by atoms with van der Waals surface area (Å²) in [5, 5.41) is 0. The Kier molecular flexibility index (Phi) is 5.77. The van der Waals surface area contributed by atoms with E-state index in [1.807, 2.05) is 14.1 Å². The van der Waals surface area contributed by atoms with Crippen molar-refractivity contribution in [1.82, 2.24) is 19.9 Å². The smallest absolute Gasteiger partial charge is 0.257 e. The van der Waals surface area contributed by atoms with E-state index in [9.17, 15) is 9.18 Å². The summed E-state index contributed by atoms with van der Waals surface area (Å²) in [6.07, 6.45) is 2.78. The summed E-state index contributed by atoms with van der Waals surface area (Å²) in [6, 6.07) is 9.48. The number of carbonyl (C=O) groups is 1. The lowest BCUT2D eigenvalue weighted by Gasteiger charge is -2.33. The SMILES string of the molecule is CN(C)c1ncc(-c2ccc(F)cc2)c(C2CN(C(=O)c3cccnc3N)CCO2)n1. The van der Waals surface area contributed by atoms with Crippen LogP contribution in [0.1, 0.15) is 22.2 Å². The molecule has 3 heterocycles. The Hall–Kier alpha value is -3.59. The molecule has 9 heteroatoms. The van der Waals surface area contributed by atoms with Crippen LogP contribution in [0.4, 0.5) is 16.2 Å². The number of amides is 1. The number of pyridine rings is 1. The van der Waals surface area contributed by atoms with Crippen molar-refractivity contribution in [2.24, 2.45) is 0 Å². The summed E-state index contributed by atoms with van der Waals surface area (Å²) in [4.78, 5) is 29.6. The molecule has 1 aliphatic heterocycles. The van der Waals surface area contributed by atoms with E-state index in [1.54, 1.807) is 46.5 Å². The van der Waals surface area contributed by atoms with Crippen molar-refractivity contribution < 1.29 is 13.9 Å². The van der Waals surface area contributed by atoms with Gasteiger partial charge in [-0.05, 0) is 29.8 Å². The quantitative estimate of drug-likeness (QED) is 0.690. The predicted molar refractivity (Wildman–Crippen MR) is 115 cm³/mol. The molecule has 2 N–H and O–H groups in total. The van der Waals surface area contributed by atoms with E-state index in [2.05, 4.69) is 9.97 Å². The number of rotatable bonds is 4. The Morgan fingerprint density at radius 1 is 1.23 bits per heavy atom. The van der Waals surface area contributed by atoms with Crippen LogP contribution in [0.25, 0.3) is 11.1 Å². The average molecular weight is 422 g/mol. The van der Waals surface area contributed by atoms with Gasteiger partial charge in [0.2, 0.25) is 5.95 Å². The maximum Gasteiger partial charge on any atom is 0.257 e.